The van der Waals surface area contributed by atoms with E-state index in [1.807, 2.05) is 12.1 Å². The van der Waals surface area contributed by atoms with Crippen molar-refractivity contribution in [2.75, 3.05) is 11.9 Å². The standard InChI is InChI=1S/C16H27N3S/c1-2-3-4-5-6-7-8-9-11-18-14-10-12-19-15(13-14)16(17)20/h10,12-13H,2-9,11H2,1H3,(H2,17,20)(H,18,19). The molecule has 0 amide bonds. The van der Waals surface area contributed by atoms with Crippen molar-refractivity contribution in [3.8, 4) is 0 Å². The zero-order chi connectivity index (χ0) is 14.6. The van der Waals surface area contributed by atoms with E-state index in [0.29, 0.717) is 10.7 Å². The van der Waals surface area contributed by atoms with E-state index in [1.54, 1.807) is 6.20 Å². The molecule has 0 radical (unpaired) electrons. The van der Waals surface area contributed by atoms with E-state index in [4.69, 9.17) is 18.0 Å². The molecule has 0 atom stereocenters. The van der Waals surface area contributed by atoms with Crippen LogP contribution in [0.3, 0.4) is 0 Å². The van der Waals surface area contributed by atoms with Crippen LogP contribution in [0.25, 0.3) is 0 Å². The summed E-state index contributed by atoms with van der Waals surface area (Å²) in [5, 5.41) is 3.40. The summed E-state index contributed by atoms with van der Waals surface area (Å²) in [6.45, 7) is 3.25. The van der Waals surface area contributed by atoms with Gasteiger partial charge >= 0.3 is 0 Å². The predicted octanol–water partition coefficient (Wildman–Crippen LogP) is 4.27. The second-order valence-electron chi connectivity index (χ2n) is 5.20. The van der Waals surface area contributed by atoms with Crippen LogP contribution < -0.4 is 11.1 Å². The lowest BCUT2D eigenvalue weighted by Gasteiger charge is -2.07. The molecule has 0 aliphatic rings. The van der Waals surface area contributed by atoms with Crippen molar-refractivity contribution in [2.24, 2.45) is 5.73 Å². The predicted molar refractivity (Wildman–Crippen MR) is 91.2 cm³/mol. The summed E-state index contributed by atoms with van der Waals surface area (Å²) in [5.41, 5.74) is 7.30. The van der Waals surface area contributed by atoms with Gasteiger partial charge in [0.2, 0.25) is 0 Å². The lowest BCUT2D eigenvalue weighted by atomic mass is 10.1. The maximum absolute atomic E-state index is 5.57. The summed E-state index contributed by atoms with van der Waals surface area (Å²) in [6, 6.07) is 3.86. The lowest BCUT2D eigenvalue weighted by Crippen LogP contribution is -2.12. The third-order valence-electron chi connectivity index (χ3n) is 3.37. The fraction of sp³-hybridized carbons (Fsp3) is 0.625. The van der Waals surface area contributed by atoms with Gasteiger partial charge in [-0.3, -0.25) is 4.98 Å². The van der Waals surface area contributed by atoms with Crippen LogP contribution >= 0.6 is 12.2 Å². The minimum Gasteiger partial charge on any atom is -0.388 e. The fourth-order valence-corrected chi connectivity index (χ4v) is 2.28. The molecule has 0 bridgehead atoms. The molecular weight excluding hydrogens is 266 g/mol. The Morgan fingerprint density at radius 2 is 1.80 bits per heavy atom. The Balaban J connectivity index is 2.06. The van der Waals surface area contributed by atoms with Crippen LogP contribution in [0.15, 0.2) is 18.3 Å². The molecule has 0 aliphatic carbocycles. The number of hydrogen-bond donors (Lipinski definition) is 2. The molecule has 0 aliphatic heterocycles. The molecule has 0 saturated heterocycles. The van der Waals surface area contributed by atoms with Gasteiger partial charge in [0.05, 0.1) is 5.69 Å². The third-order valence-corrected chi connectivity index (χ3v) is 3.58. The van der Waals surface area contributed by atoms with Crippen LogP contribution in [0.4, 0.5) is 5.69 Å². The summed E-state index contributed by atoms with van der Waals surface area (Å²) >= 11 is 4.92. The van der Waals surface area contributed by atoms with Crippen LogP contribution in [-0.4, -0.2) is 16.5 Å². The Bertz CT molecular complexity index is 393. The van der Waals surface area contributed by atoms with Crippen LogP contribution in [0, 0.1) is 0 Å². The number of anilines is 1. The number of pyridine rings is 1. The van der Waals surface area contributed by atoms with Crippen LogP contribution in [0.2, 0.25) is 0 Å². The Hall–Kier alpha value is -1.16. The van der Waals surface area contributed by atoms with Gasteiger partial charge in [0.1, 0.15) is 4.99 Å². The zero-order valence-corrected chi connectivity index (χ0v) is 13.3. The van der Waals surface area contributed by atoms with Crippen LogP contribution in [0.1, 0.15) is 64.0 Å². The van der Waals surface area contributed by atoms with Crippen molar-refractivity contribution in [3.05, 3.63) is 24.0 Å². The molecule has 1 heterocycles. The van der Waals surface area contributed by atoms with E-state index in [-0.39, 0.29) is 0 Å². The van der Waals surface area contributed by atoms with Gasteiger partial charge in [-0.1, -0.05) is 64.1 Å². The monoisotopic (exact) mass is 293 g/mol. The number of rotatable bonds is 11. The number of thiocarbonyl (C=S) groups is 1. The first-order chi connectivity index (χ1) is 9.74. The van der Waals surface area contributed by atoms with Gasteiger partial charge in [0, 0.05) is 18.4 Å². The molecule has 0 unspecified atom stereocenters. The first-order valence-electron chi connectivity index (χ1n) is 7.73. The summed E-state index contributed by atoms with van der Waals surface area (Å²) in [6.07, 6.45) is 12.5. The molecule has 112 valence electrons. The molecule has 20 heavy (non-hydrogen) atoms. The molecule has 0 fully saturated rings. The Labute approximate surface area is 128 Å². The molecule has 0 saturated carbocycles. The molecule has 3 nitrogen and oxygen atoms in total. The van der Waals surface area contributed by atoms with E-state index >= 15 is 0 Å². The summed E-state index contributed by atoms with van der Waals surface area (Å²) in [4.78, 5) is 4.47. The van der Waals surface area contributed by atoms with Crippen molar-refractivity contribution in [1.82, 2.24) is 4.98 Å². The molecule has 3 N–H and O–H groups in total. The van der Waals surface area contributed by atoms with E-state index < -0.39 is 0 Å². The topological polar surface area (TPSA) is 50.9 Å². The first kappa shape index (κ1) is 16.9. The van der Waals surface area contributed by atoms with Crippen LogP contribution in [-0.2, 0) is 0 Å². The number of nitrogens with zero attached hydrogens (tertiary/aromatic N) is 1. The highest BCUT2D eigenvalue weighted by molar-refractivity contribution is 7.80. The van der Waals surface area contributed by atoms with Crippen LogP contribution in [0.5, 0.6) is 0 Å². The smallest absolute Gasteiger partial charge is 0.122 e. The average molecular weight is 293 g/mol. The van der Waals surface area contributed by atoms with Crippen molar-refractivity contribution in [3.63, 3.8) is 0 Å². The van der Waals surface area contributed by atoms with Crippen molar-refractivity contribution in [1.29, 1.82) is 0 Å². The van der Waals surface area contributed by atoms with Gasteiger partial charge in [-0.2, -0.15) is 0 Å². The maximum Gasteiger partial charge on any atom is 0.122 e. The van der Waals surface area contributed by atoms with E-state index in [9.17, 15) is 0 Å². The maximum atomic E-state index is 5.57. The average Bonchev–Trinajstić information content (AvgIpc) is 2.46. The molecule has 1 aromatic rings. The number of hydrogen-bond acceptors (Lipinski definition) is 3. The molecule has 0 spiro atoms. The molecule has 1 rings (SSSR count). The second kappa shape index (κ2) is 10.6. The van der Waals surface area contributed by atoms with Crippen molar-refractivity contribution >= 4 is 22.9 Å². The summed E-state index contributed by atoms with van der Waals surface area (Å²) in [5.74, 6) is 0. The van der Waals surface area contributed by atoms with Gasteiger partial charge in [-0.05, 0) is 18.6 Å². The lowest BCUT2D eigenvalue weighted by molar-refractivity contribution is 0.581. The highest BCUT2D eigenvalue weighted by atomic mass is 32.1. The number of nitrogens with two attached hydrogens (primary N) is 1. The Kier molecular flexibility index (Phi) is 8.96. The van der Waals surface area contributed by atoms with E-state index in [2.05, 4.69) is 17.2 Å². The zero-order valence-electron chi connectivity index (χ0n) is 12.5. The van der Waals surface area contributed by atoms with Gasteiger partial charge in [0.15, 0.2) is 0 Å². The fourth-order valence-electron chi connectivity index (χ4n) is 2.17. The van der Waals surface area contributed by atoms with Gasteiger partial charge in [0.25, 0.3) is 0 Å². The largest absolute Gasteiger partial charge is 0.388 e. The number of aromatic nitrogens is 1. The second-order valence-corrected chi connectivity index (χ2v) is 5.64. The third kappa shape index (κ3) is 7.43. The SMILES string of the molecule is CCCCCCCCCCNc1ccnc(C(N)=S)c1. The minimum absolute atomic E-state index is 0.348. The van der Waals surface area contributed by atoms with Crippen molar-refractivity contribution < 1.29 is 0 Å². The summed E-state index contributed by atoms with van der Waals surface area (Å²) in [7, 11) is 0. The van der Waals surface area contributed by atoms with E-state index in [0.717, 1.165) is 12.2 Å². The first-order valence-corrected chi connectivity index (χ1v) is 8.14. The van der Waals surface area contributed by atoms with Crippen molar-refractivity contribution in [2.45, 2.75) is 58.3 Å². The molecule has 0 aromatic carbocycles. The Morgan fingerprint density at radius 1 is 1.15 bits per heavy atom. The molecule has 4 heteroatoms. The highest BCUT2D eigenvalue weighted by Crippen LogP contribution is 2.10. The molecular formula is C16H27N3S. The number of nitrogens with one attached hydrogen (secondary N) is 1. The van der Waals surface area contributed by atoms with Gasteiger partial charge in [-0.15, -0.1) is 0 Å². The quantitative estimate of drug-likeness (QED) is 0.472. The Morgan fingerprint density at radius 3 is 2.45 bits per heavy atom. The van der Waals surface area contributed by atoms with Gasteiger partial charge in [-0.25, -0.2) is 0 Å². The normalized spacial score (nSPS) is 10.4. The number of unbranched alkanes of at least 4 members (excludes halogenated alkanes) is 7. The van der Waals surface area contributed by atoms with E-state index in [1.165, 1.54) is 51.4 Å². The van der Waals surface area contributed by atoms with Gasteiger partial charge < -0.3 is 11.1 Å². The summed E-state index contributed by atoms with van der Waals surface area (Å²) < 4.78 is 0. The highest BCUT2D eigenvalue weighted by Gasteiger charge is 1.99. The molecule has 1 aromatic heterocycles. The minimum atomic E-state index is 0.348.